The van der Waals surface area contributed by atoms with Crippen LogP contribution in [0, 0.1) is 10.1 Å². The number of carbonyl (C=O) groups is 1. The van der Waals surface area contributed by atoms with Crippen LogP contribution in [0.15, 0.2) is 40.9 Å². The normalized spacial score (nSPS) is 11.6. The molecule has 0 saturated heterocycles. The van der Waals surface area contributed by atoms with Crippen LogP contribution in [0.2, 0.25) is 0 Å². The number of ether oxygens (including phenoxy) is 2. The summed E-state index contributed by atoms with van der Waals surface area (Å²) in [7, 11) is 1.40. The summed E-state index contributed by atoms with van der Waals surface area (Å²) in [5, 5.41) is 11.4. The first-order valence-electron chi connectivity index (χ1n) is 7.09. The monoisotopic (exact) mass is 394 g/mol. The highest BCUT2D eigenvalue weighted by Crippen LogP contribution is 2.33. The highest BCUT2D eigenvalue weighted by molar-refractivity contribution is 9.10. The van der Waals surface area contributed by atoms with Gasteiger partial charge < -0.3 is 9.47 Å². The smallest absolute Gasteiger partial charge is 0.319 e. The second kappa shape index (κ2) is 7.87. The zero-order valence-corrected chi connectivity index (χ0v) is 14.6. The molecule has 2 aromatic rings. The van der Waals surface area contributed by atoms with Crippen LogP contribution in [0.25, 0.3) is 0 Å². The van der Waals surface area contributed by atoms with Crippen molar-refractivity contribution >= 4 is 27.6 Å². The van der Waals surface area contributed by atoms with E-state index in [-0.39, 0.29) is 23.9 Å². The van der Waals surface area contributed by atoms with E-state index in [2.05, 4.69) is 20.9 Å². The number of carbonyl (C=O) groups excluding carboxylic acids is 1. The molecule has 0 aliphatic rings. The molecule has 1 heterocycles. The van der Waals surface area contributed by atoms with Crippen molar-refractivity contribution in [2.45, 2.75) is 12.8 Å². The summed E-state index contributed by atoms with van der Waals surface area (Å²) in [6, 6.07) is 9.52. The van der Waals surface area contributed by atoms with Crippen LogP contribution >= 0.6 is 15.9 Å². The van der Waals surface area contributed by atoms with Crippen LogP contribution in [0.3, 0.4) is 0 Å². The number of benzene rings is 1. The molecule has 0 radical (unpaired) electrons. The average Bonchev–Trinajstić information content (AvgIpc) is 2.56. The van der Waals surface area contributed by atoms with Crippen molar-refractivity contribution in [1.29, 1.82) is 0 Å². The molecular weight excluding hydrogens is 380 g/mol. The Morgan fingerprint density at radius 2 is 1.96 bits per heavy atom. The first-order valence-corrected chi connectivity index (χ1v) is 7.88. The first-order chi connectivity index (χ1) is 11.5. The van der Waals surface area contributed by atoms with Gasteiger partial charge in [0.25, 0.3) is 5.69 Å². The molecule has 2 rings (SSSR count). The van der Waals surface area contributed by atoms with Crippen LogP contribution in [0.5, 0.6) is 5.88 Å². The maximum Gasteiger partial charge on any atom is 0.319 e. The fourth-order valence-electron chi connectivity index (χ4n) is 2.22. The SMILES string of the molecule is CCOC(=O)C(c1ccc(Br)cc1)c1nc(OC)ccc1[N+](=O)[O-]. The van der Waals surface area contributed by atoms with Gasteiger partial charge in [0.05, 0.1) is 18.6 Å². The van der Waals surface area contributed by atoms with E-state index in [0.717, 1.165) is 4.47 Å². The Bertz CT molecular complexity index is 749. The molecule has 0 amide bonds. The van der Waals surface area contributed by atoms with Gasteiger partial charge in [-0.05, 0) is 24.6 Å². The number of methoxy groups -OCH3 is 1. The molecular formula is C16H15BrN2O5. The lowest BCUT2D eigenvalue weighted by Gasteiger charge is -2.16. The Morgan fingerprint density at radius 1 is 1.29 bits per heavy atom. The molecule has 126 valence electrons. The minimum absolute atomic E-state index is 0.0138. The summed E-state index contributed by atoms with van der Waals surface area (Å²) < 4.78 is 11.0. The van der Waals surface area contributed by atoms with E-state index in [9.17, 15) is 14.9 Å². The Kier molecular flexibility index (Phi) is 5.86. The number of rotatable bonds is 6. The van der Waals surface area contributed by atoms with Gasteiger partial charge in [0.1, 0.15) is 11.6 Å². The van der Waals surface area contributed by atoms with Gasteiger partial charge in [0.2, 0.25) is 5.88 Å². The van der Waals surface area contributed by atoms with E-state index < -0.39 is 16.8 Å². The van der Waals surface area contributed by atoms with E-state index in [0.29, 0.717) is 5.56 Å². The number of pyridine rings is 1. The minimum Gasteiger partial charge on any atom is -0.481 e. The fraction of sp³-hybridized carbons (Fsp3) is 0.250. The van der Waals surface area contributed by atoms with Gasteiger partial charge in [-0.3, -0.25) is 14.9 Å². The second-order valence-electron chi connectivity index (χ2n) is 4.75. The van der Waals surface area contributed by atoms with Crippen molar-refractivity contribution in [3.63, 3.8) is 0 Å². The Hall–Kier alpha value is -2.48. The first kappa shape index (κ1) is 17.9. The summed E-state index contributed by atoms with van der Waals surface area (Å²) >= 11 is 3.32. The number of aromatic nitrogens is 1. The Balaban J connectivity index is 2.64. The topological polar surface area (TPSA) is 91.6 Å². The number of esters is 1. The van der Waals surface area contributed by atoms with E-state index in [1.54, 1.807) is 31.2 Å². The number of nitro groups is 1. The van der Waals surface area contributed by atoms with Gasteiger partial charge in [0, 0.05) is 16.6 Å². The number of nitrogens with zero attached hydrogens (tertiary/aromatic N) is 2. The average molecular weight is 395 g/mol. The lowest BCUT2D eigenvalue weighted by atomic mass is 9.94. The van der Waals surface area contributed by atoms with Crippen molar-refractivity contribution in [2.75, 3.05) is 13.7 Å². The molecule has 0 aliphatic heterocycles. The Morgan fingerprint density at radius 3 is 2.50 bits per heavy atom. The highest BCUT2D eigenvalue weighted by atomic mass is 79.9. The van der Waals surface area contributed by atoms with Crippen LogP contribution in [-0.4, -0.2) is 29.6 Å². The van der Waals surface area contributed by atoms with Gasteiger partial charge >= 0.3 is 5.97 Å². The van der Waals surface area contributed by atoms with Crippen molar-refractivity contribution in [1.82, 2.24) is 4.98 Å². The molecule has 0 saturated carbocycles. The summed E-state index contributed by atoms with van der Waals surface area (Å²) in [6.45, 7) is 1.83. The summed E-state index contributed by atoms with van der Waals surface area (Å²) in [5.41, 5.74) is 0.261. The predicted octanol–water partition coefficient (Wildman–Crippen LogP) is 3.46. The van der Waals surface area contributed by atoms with Gasteiger partial charge in [0.15, 0.2) is 0 Å². The quantitative estimate of drug-likeness (QED) is 0.423. The van der Waals surface area contributed by atoms with Gasteiger partial charge in [-0.2, -0.15) is 0 Å². The molecule has 8 heteroatoms. The molecule has 0 bridgehead atoms. The van der Waals surface area contributed by atoms with Crippen molar-refractivity contribution < 1.29 is 19.2 Å². The van der Waals surface area contributed by atoms with Crippen LogP contribution in [-0.2, 0) is 9.53 Å². The molecule has 24 heavy (non-hydrogen) atoms. The summed E-state index contributed by atoms with van der Waals surface area (Å²) in [6.07, 6.45) is 0. The van der Waals surface area contributed by atoms with Gasteiger partial charge in [-0.1, -0.05) is 28.1 Å². The number of hydrogen-bond donors (Lipinski definition) is 0. The zero-order chi connectivity index (χ0) is 17.7. The lowest BCUT2D eigenvalue weighted by molar-refractivity contribution is -0.386. The second-order valence-corrected chi connectivity index (χ2v) is 5.67. The largest absolute Gasteiger partial charge is 0.481 e. The van der Waals surface area contributed by atoms with Crippen molar-refractivity contribution in [3.05, 3.63) is 62.2 Å². The number of hydrogen-bond acceptors (Lipinski definition) is 6. The van der Waals surface area contributed by atoms with Gasteiger partial charge in [-0.15, -0.1) is 0 Å². The van der Waals surface area contributed by atoms with Crippen molar-refractivity contribution in [2.24, 2.45) is 0 Å². The third-order valence-corrected chi connectivity index (χ3v) is 3.81. The third-order valence-electron chi connectivity index (χ3n) is 3.28. The van der Waals surface area contributed by atoms with Crippen molar-refractivity contribution in [3.8, 4) is 5.88 Å². The Labute approximate surface area is 146 Å². The summed E-state index contributed by atoms with van der Waals surface area (Å²) in [4.78, 5) is 27.4. The van der Waals surface area contributed by atoms with Crippen LogP contribution < -0.4 is 4.74 Å². The molecule has 7 nitrogen and oxygen atoms in total. The van der Waals surface area contributed by atoms with Crippen LogP contribution in [0.4, 0.5) is 5.69 Å². The predicted molar refractivity (Wildman–Crippen MR) is 90.1 cm³/mol. The van der Waals surface area contributed by atoms with E-state index >= 15 is 0 Å². The van der Waals surface area contributed by atoms with Crippen LogP contribution in [0.1, 0.15) is 24.1 Å². The molecule has 1 aromatic heterocycles. The molecule has 0 fully saturated rings. The van der Waals surface area contributed by atoms with E-state index in [4.69, 9.17) is 9.47 Å². The molecule has 1 aromatic carbocycles. The third kappa shape index (κ3) is 3.88. The fourth-order valence-corrected chi connectivity index (χ4v) is 2.48. The number of halogens is 1. The molecule has 0 aliphatic carbocycles. The van der Waals surface area contributed by atoms with E-state index in [1.807, 2.05) is 0 Å². The lowest BCUT2D eigenvalue weighted by Crippen LogP contribution is -2.20. The maximum absolute atomic E-state index is 12.5. The molecule has 1 unspecified atom stereocenters. The standard InChI is InChI=1S/C16H15BrN2O5/c1-3-24-16(20)14(10-4-6-11(17)7-5-10)15-12(19(21)22)8-9-13(18-15)23-2/h4-9,14H,3H2,1-2H3. The zero-order valence-electron chi connectivity index (χ0n) is 13.1. The maximum atomic E-state index is 12.5. The molecule has 0 spiro atoms. The highest BCUT2D eigenvalue weighted by Gasteiger charge is 2.33. The minimum atomic E-state index is -1.02. The van der Waals surface area contributed by atoms with Gasteiger partial charge in [-0.25, -0.2) is 4.98 Å². The summed E-state index contributed by atoms with van der Waals surface area (Å²) in [5.74, 6) is -1.45. The molecule has 0 N–H and O–H groups in total. The van der Waals surface area contributed by atoms with E-state index in [1.165, 1.54) is 19.2 Å². The molecule has 1 atom stereocenters.